The van der Waals surface area contributed by atoms with Gasteiger partial charge in [-0.3, -0.25) is 4.72 Å². The number of rotatable bonds is 5. The van der Waals surface area contributed by atoms with E-state index in [-0.39, 0.29) is 0 Å². The zero-order valence-electron chi connectivity index (χ0n) is 10.8. The number of sulfonamides is 1. The van der Waals surface area contributed by atoms with Crippen LogP contribution in [0.2, 0.25) is 5.02 Å². The Morgan fingerprint density at radius 1 is 1.15 bits per heavy atom. The van der Waals surface area contributed by atoms with Gasteiger partial charge in [-0.25, -0.2) is 13.4 Å². The first-order valence-corrected chi connectivity index (χ1v) is 8.11. The van der Waals surface area contributed by atoms with Gasteiger partial charge in [0.05, 0.1) is 18.1 Å². The molecule has 2 aromatic rings. The molecule has 5 nitrogen and oxygen atoms in total. The first kappa shape index (κ1) is 14.6. The number of nitrogens with one attached hydrogen (secondary N) is 2. The summed E-state index contributed by atoms with van der Waals surface area (Å²) in [4.78, 5) is 4.13. The summed E-state index contributed by atoms with van der Waals surface area (Å²) in [7, 11) is -3.27. The number of nitrogens with zero attached hydrogens (tertiary/aromatic N) is 1. The minimum Gasteiger partial charge on any atom is -0.366 e. The van der Waals surface area contributed by atoms with Gasteiger partial charge in [-0.05, 0) is 29.8 Å². The smallest absolute Gasteiger partial charge is 0.229 e. The Labute approximate surface area is 123 Å². The fourth-order valence-electron chi connectivity index (χ4n) is 1.57. The lowest BCUT2D eigenvalue weighted by atomic mass is 10.2. The van der Waals surface area contributed by atoms with Gasteiger partial charge >= 0.3 is 0 Å². The molecule has 0 spiro atoms. The summed E-state index contributed by atoms with van der Waals surface area (Å²) in [6.45, 7) is 0.614. The number of pyridine rings is 1. The average molecular weight is 312 g/mol. The molecule has 2 N–H and O–H groups in total. The van der Waals surface area contributed by atoms with Gasteiger partial charge in [0.1, 0.15) is 5.82 Å². The second kappa shape index (κ2) is 6.11. The highest BCUT2D eigenvalue weighted by Crippen LogP contribution is 2.13. The normalized spacial score (nSPS) is 11.1. The molecule has 0 amide bonds. The largest absolute Gasteiger partial charge is 0.366 e. The maximum absolute atomic E-state index is 11.1. The topological polar surface area (TPSA) is 71.1 Å². The van der Waals surface area contributed by atoms with E-state index in [1.54, 1.807) is 12.1 Å². The summed E-state index contributed by atoms with van der Waals surface area (Å²) in [5.74, 6) is 0.666. The monoisotopic (exact) mass is 311 g/mol. The summed E-state index contributed by atoms with van der Waals surface area (Å²) in [5, 5.41) is 3.84. The molecule has 2 rings (SSSR count). The molecule has 0 saturated heterocycles. The Kier molecular flexibility index (Phi) is 4.46. The van der Waals surface area contributed by atoms with Crippen molar-refractivity contribution in [2.45, 2.75) is 6.54 Å². The lowest BCUT2D eigenvalue weighted by molar-refractivity contribution is 0.607. The fourth-order valence-corrected chi connectivity index (χ4v) is 2.24. The molecule has 0 bridgehead atoms. The van der Waals surface area contributed by atoms with E-state index in [0.717, 1.165) is 11.8 Å². The molecule has 0 aliphatic heterocycles. The maximum atomic E-state index is 11.1. The zero-order valence-corrected chi connectivity index (χ0v) is 12.4. The Morgan fingerprint density at radius 2 is 1.85 bits per heavy atom. The van der Waals surface area contributed by atoms with Crippen LogP contribution in [0.25, 0.3) is 0 Å². The predicted octanol–water partition coefficient (Wildman–Crippen LogP) is 2.72. The second-order valence-corrected chi connectivity index (χ2v) is 6.47. The number of anilines is 2. The lowest BCUT2D eigenvalue weighted by Crippen LogP contribution is -2.10. The van der Waals surface area contributed by atoms with Crippen LogP contribution in [0.3, 0.4) is 0 Å². The van der Waals surface area contributed by atoms with Gasteiger partial charge in [-0.2, -0.15) is 0 Å². The molecule has 0 aliphatic carbocycles. The van der Waals surface area contributed by atoms with Crippen LogP contribution in [-0.4, -0.2) is 19.7 Å². The molecule has 20 heavy (non-hydrogen) atoms. The SMILES string of the molecule is CS(=O)(=O)Nc1ccc(NCc2ccc(Cl)cc2)nc1. The Bertz CT molecular complexity index is 670. The molecule has 0 atom stereocenters. The average Bonchev–Trinajstić information content (AvgIpc) is 2.38. The van der Waals surface area contributed by atoms with Gasteiger partial charge in [0.15, 0.2) is 0 Å². The third-order valence-electron chi connectivity index (χ3n) is 2.45. The standard InChI is InChI=1S/C13H14ClN3O2S/c1-20(18,19)17-12-6-7-13(16-9-12)15-8-10-2-4-11(14)5-3-10/h2-7,9,17H,8H2,1H3,(H,15,16). The summed E-state index contributed by atoms with van der Waals surface area (Å²) in [6, 6.07) is 10.9. The molecule has 7 heteroatoms. The van der Waals surface area contributed by atoms with Crippen LogP contribution in [0.1, 0.15) is 5.56 Å². The van der Waals surface area contributed by atoms with E-state index in [0.29, 0.717) is 23.1 Å². The van der Waals surface area contributed by atoms with Crippen molar-refractivity contribution in [3.8, 4) is 0 Å². The fraction of sp³-hybridized carbons (Fsp3) is 0.154. The van der Waals surface area contributed by atoms with Crippen LogP contribution >= 0.6 is 11.6 Å². The summed E-state index contributed by atoms with van der Waals surface area (Å²) < 4.78 is 24.5. The van der Waals surface area contributed by atoms with Gasteiger partial charge in [0.2, 0.25) is 10.0 Å². The van der Waals surface area contributed by atoms with Gasteiger partial charge in [-0.15, -0.1) is 0 Å². The minimum absolute atomic E-state index is 0.435. The summed E-state index contributed by atoms with van der Waals surface area (Å²) in [5.41, 5.74) is 1.51. The number of hydrogen-bond acceptors (Lipinski definition) is 4. The molecule has 0 aliphatic rings. The predicted molar refractivity (Wildman–Crippen MR) is 81.5 cm³/mol. The van der Waals surface area contributed by atoms with Crippen molar-refractivity contribution >= 4 is 33.1 Å². The van der Waals surface area contributed by atoms with Crippen molar-refractivity contribution in [2.24, 2.45) is 0 Å². The molecule has 1 aromatic carbocycles. The van der Waals surface area contributed by atoms with Gasteiger partial charge in [0.25, 0.3) is 0 Å². The third kappa shape index (κ3) is 4.71. The first-order chi connectivity index (χ1) is 9.42. The molecule has 1 heterocycles. The Morgan fingerprint density at radius 3 is 2.40 bits per heavy atom. The van der Waals surface area contributed by atoms with Crippen molar-refractivity contribution in [3.05, 3.63) is 53.2 Å². The molecule has 0 fully saturated rings. The Hall–Kier alpha value is -1.79. The third-order valence-corrected chi connectivity index (χ3v) is 3.31. The first-order valence-electron chi connectivity index (χ1n) is 5.84. The van der Waals surface area contributed by atoms with Gasteiger partial charge < -0.3 is 5.32 Å². The lowest BCUT2D eigenvalue weighted by Gasteiger charge is -2.07. The van der Waals surface area contributed by atoms with Crippen LogP contribution in [0.5, 0.6) is 0 Å². The maximum Gasteiger partial charge on any atom is 0.229 e. The van der Waals surface area contributed by atoms with E-state index < -0.39 is 10.0 Å². The van der Waals surface area contributed by atoms with Crippen LogP contribution in [0, 0.1) is 0 Å². The number of aromatic nitrogens is 1. The molecular formula is C13H14ClN3O2S. The number of halogens is 1. The molecule has 0 unspecified atom stereocenters. The molecule has 0 saturated carbocycles. The van der Waals surface area contributed by atoms with E-state index in [1.165, 1.54) is 6.20 Å². The second-order valence-electron chi connectivity index (χ2n) is 4.29. The van der Waals surface area contributed by atoms with E-state index in [4.69, 9.17) is 11.6 Å². The summed E-state index contributed by atoms with van der Waals surface area (Å²) in [6.07, 6.45) is 2.56. The number of benzene rings is 1. The minimum atomic E-state index is -3.27. The van der Waals surface area contributed by atoms with Gasteiger partial charge in [0, 0.05) is 11.6 Å². The quantitative estimate of drug-likeness (QED) is 0.890. The Balaban J connectivity index is 1.95. The van der Waals surface area contributed by atoms with Crippen LogP contribution in [0.4, 0.5) is 11.5 Å². The molecule has 106 valence electrons. The van der Waals surface area contributed by atoms with E-state index >= 15 is 0 Å². The molecular weight excluding hydrogens is 298 g/mol. The zero-order chi connectivity index (χ0) is 14.6. The highest BCUT2D eigenvalue weighted by molar-refractivity contribution is 7.92. The van der Waals surface area contributed by atoms with Crippen molar-refractivity contribution < 1.29 is 8.42 Å². The molecule has 0 radical (unpaired) electrons. The molecule has 1 aromatic heterocycles. The highest BCUT2D eigenvalue weighted by atomic mass is 35.5. The van der Waals surface area contributed by atoms with Crippen LogP contribution in [-0.2, 0) is 16.6 Å². The van der Waals surface area contributed by atoms with E-state index in [9.17, 15) is 8.42 Å². The number of hydrogen-bond donors (Lipinski definition) is 2. The summed E-state index contributed by atoms with van der Waals surface area (Å²) >= 11 is 5.81. The van der Waals surface area contributed by atoms with Crippen LogP contribution < -0.4 is 10.0 Å². The van der Waals surface area contributed by atoms with E-state index in [2.05, 4.69) is 15.0 Å². The van der Waals surface area contributed by atoms with Crippen molar-refractivity contribution in [1.29, 1.82) is 0 Å². The van der Waals surface area contributed by atoms with Crippen molar-refractivity contribution in [1.82, 2.24) is 4.98 Å². The van der Waals surface area contributed by atoms with Crippen molar-refractivity contribution in [2.75, 3.05) is 16.3 Å². The van der Waals surface area contributed by atoms with Crippen molar-refractivity contribution in [3.63, 3.8) is 0 Å². The van der Waals surface area contributed by atoms with E-state index in [1.807, 2.05) is 24.3 Å². The van der Waals surface area contributed by atoms with Gasteiger partial charge in [-0.1, -0.05) is 23.7 Å². The van der Waals surface area contributed by atoms with Crippen LogP contribution in [0.15, 0.2) is 42.6 Å². The highest BCUT2D eigenvalue weighted by Gasteiger charge is 2.02.